The Morgan fingerprint density at radius 1 is 1.06 bits per heavy atom. The Hall–Kier alpha value is -4.07. The fourth-order valence-electron chi connectivity index (χ4n) is 3.73. The molecule has 1 aliphatic rings. The minimum Gasteiger partial charge on any atom is -0.454 e. The number of fused-ring (bicyclic) bond motifs is 1. The maximum atomic E-state index is 12.9. The molecule has 0 atom stereocenters. The quantitative estimate of drug-likeness (QED) is 0.502. The molecule has 0 unspecified atom stereocenters. The number of aryl methyl sites for hydroxylation is 2. The van der Waals surface area contributed by atoms with Gasteiger partial charge in [0.15, 0.2) is 23.0 Å². The predicted molar refractivity (Wildman–Crippen MR) is 118 cm³/mol. The van der Waals surface area contributed by atoms with Gasteiger partial charge < -0.3 is 19.3 Å². The van der Waals surface area contributed by atoms with Crippen molar-refractivity contribution in [1.29, 1.82) is 0 Å². The summed E-state index contributed by atoms with van der Waals surface area (Å²) in [5.74, 6) is 1.43. The van der Waals surface area contributed by atoms with Crippen LogP contribution < -0.4 is 14.8 Å². The standard InChI is InChI=1S/C24H22N4O4/c1-14-6-4-5-7-18(14)12-28-16(3)23(15(2)26-28)25-24(29)19-11-21(32-27-19)17-8-9-20-22(10-17)31-13-30-20/h4-11H,12-13H2,1-3H3,(H,25,29). The average molecular weight is 430 g/mol. The third-order valence-corrected chi connectivity index (χ3v) is 5.60. The monoisotopic (exact) mass is 430 g/mol. The van der Waals surface area contributed by atoms with Gasteiger partial charge in [-0.25, -0.2) is 0 Å². The summed E-state index contributed by atoms with van der Waals surface area (Å²) in [6.45, 7) is 6.71. The lowest BCUT2D eigenvalue weighted by atomic mass is 10.1. The van der Waals surface area contributed by atoms with Crippen molar-refractivity contribution in [3.63, 3.8) is 0 Å². The maximum Gasteiger partial charge on any atom is 0.277 e. The Balaban J connectivity index is 1.35. The first-order chi connectivity index (χ1) is 15.5. The lowest BCUT2D eigenvalue weighted by Crippen LogP contribution is -2.13. The SMILES string of the molecule is Cc1ccccc1Cn1nc(C)c(NC(=O)c2cc(-c3ccc4c(c3)OCO4)on2)c1C. The van der Waals surface area contributed by atoms with Gasteiger partial charge in [-0.05, 0) is 50.1 Å². The lowest BCUT2D eigenvalue weighted by molar-refractivity contribution is 0.101. The summed E-state index contributed by atoms with van der Waals surface area (Å²) in [6, 6.07) is 15.2. The molecule has 2 aromatic carbocycles. The van der Waals surface area contributed by atoms with Crippen LogP contribution in [0.25, 0.3) is 11.3 Å². The third-order valence-electron chi connectivity index (χ3n) is 5.60. The Kier molecular flexibility index (Phi) is 4.89. The van der Waals surface area contributed by atoms with Gasteiger partial charge in [0.25, 0.3) is 5.91 Å². The summed E-state index contributed by atoms with van der Waals surface area (Å²) in [4.78, 5) is 12.9. The van der Waals surface area contributed by atoms with Crippen LogP contribution in [-0.2, 0) is 6.54 Å². The molecule has 0 saturated heterocycles. The van der Waals surface area contributed by atoms with Crippen LogP contribution in [0.5, 0.6) is 11.5 Å². The van der Waals surface area contributed by atoms with Gasteiger partial charge in [0, 0.05) is 11.6 Å². The minimum absolute atomic E-state index is 0.183. The molecule has 0 radical (unpaired) electrons. The molecule has 32 heavy (non-hydrogen) atoms. The summed E-state index contributed by atoms with van der Waals surface area (Å²) in [5.41, 5.74) is 5.60. The van der Waals surface area contributed by atoms with Crippen LogP contribution in [-0.4, -0.2) is 27.6 Å². The summed E-state index contributed by atoms with van der Waals surface area (Å²) in [5, 5.41) is 11.5. The molecule has 0 aliphatic carbocycles. The Labute approximate surface area is 184 Å². The van der Waals surface area contributed by atoms with E-state index in [1.807, 2.05) is 36.7 Å². The average Bonchev–Trinajstić information content (AvgIpc) is 3.51. The molecule has 1 amide bonds. The van der Waals surface area contributed by atoms with Crippen LogP contribution in [0, 0.1) is 20.8 Å². The first-order valence-corrected chi connectivity index (χ1v) is 10.3. The van der Waals surface area contributed by atoms with Gasteiger partial charge in [0.1, 0.15) is 0 Å². The molecule has 8 heteroatoms. The van der Waals surface area contributed by atoms with E-state index in [0.29, 0.717) is 29.5 Å². The van der Waals surface area contributed by atoms with Crippen molar-refractivity contribution in [2.24, 2.45) is 0 Å². The fraction of sp³-hybridized carbons (Fsp3) is 0.208. The normalized spacial score (nSPS) is 12.2. The number of nitrogens with zero attached hydrogens (tertiary/aromatic N) is 3. The van der Waals surface area contributed by atoms with Crippen molar-refractivity contribution < 1.29 is 18.8 Å². The second-order valence-electron chi connectivity index (χ2n) is 7.73. The van der Waals surface area contributed by atoms with Crippen molar-refractivity contribution in [2.45, 2.75) is 27.3 Å². The molecule has 2 aromatic heterocycles. The minimum atomic E-state index is -0.359. The molecule has 0 bridgehead atoms. The van der Waals surface area contributed by atoms with Crippen LogP contribution in [0.15, 0.2) is 53.1 Å². The summed E-state index contributed by atoms with van der Waals surface area (Å²) in [7, 11) is 0. The van der Waals surface area contributed by atoms with E-state index in [-0.39, 0.29) is 18.4 Å². The smallest absolute Gasteiger partial charge is 0.277 e. The van der Waals surface area contributed by atoms with Gasteiger partial charge >= 0.3 is 0 Å². The van der Waals surface area contributed by atoms with E-state index >= 15 is 0 Å². The zero-order valence-corrected chi connectivity index (χ0v) is 18.0. The molecule has 1 N–H and O–H groups in total. The van der Waals surface area contributed by atoms with Crippen molar-refractivity contribution >= 4 is 11.6 Å². The van der Waals surface area contributed by atoms with Gasteiger partial charge in [-0.2, -0.15) is 5.10 Å². The molecule has 0 saturated carbocycles. The number of anilines is 1. The molecular formula is C24H22N4O4. The van der Waals surface area contributed by atoms with Crippen molar-refractivity contribution in [1.82, 2.24) is 14.9 Å². The van der Waals surface area contributed by atoms with E-state index < -0.39 is 0 Å². The largest absolute Gasteiger partial charge is 0.454 e. The van der Waals surface area contributed by atoms with E-state index in [4.69, 9.17) is 14.0 Å². The number of carbonyl (C=O) groups excluding carboxylic acids is 1. The van der Waals surface area contributed by atoms with E-state index in [0.717, 1.165) is 17.0 Å². The van der Waals surface area contributed by atoms with Gasteiger partial charge in [0.05, 0.1) is 23.6 Å². The van der Waals surface area contributed by atoms with Gasteiger partial charge in [-0.15, -0.1) is 0 Å². The second-order valence-corrected chi connectivity index (χ2v) is 7.73. The molecule has 4 aromatic rings. The number of hydrogen-bond donors (Lipinski definition) is 1. The van der Waals surface area contributed by atoms with E-state index in [1.165, 1.54) is 11.1 Å². The van der Waals surface area contributed by atoms with Gasteiger partial charge in [-0.3, -0.25) is 9.48 Å². The maximum absolute atomic E-state index is 12.9. The number of nitrogens with one attached hydrogen (secondary N) is 1. The highest BCUT2D eigenvalue weighted by molar-refractivity contribution is 6.04. The Morgan fingerprint density at radius 2 is 1.88 bits per heavy atom. The number of rotatable bonds is 5. The summed E-state index contributed by atoms with van der Waals surface area (Å²) < 4.78 is 18.0. The first kappa shape index (κ1) is 19.9. The van der Waals surface area contributed by atoms with Crippen LogP contribution in [0.2, 0.25) is 0 Å². The Morgan fingerprint density at radius 3 is 2.72 bits per heavy atom. The zero-order valence-electron chi connectivity index (χ0n) is 18.0. The molecule has 0 spiro atoms. The summed E-state index contributed by atoms with van der Waals surface area (Å²) in [6.07, 6.45) is 0. The molecule has 5 rings (SSSR count). The second kappa shape index (κ2) is 7.88. The van der Waals surface area contributed by atoms with E-state index in [9.17, 15) is 4.79 Å². The highest BCUT2D eigenvalue weighted by Crippen LogP contribution is 2.36. The number of aromatic nitrogens is 3. The van der Waals surface area contributed by atoms with Crippen molar-refractivity contribution in [3.05, 3.63) is 76.7 Å². The van der Waals surface area contributed by atoms with Crippen LogP contribution in [0.3, 0.4) is 0 Å². The molecule has 0 fully saturated rings. The van der Waals surface area contributed by atoms with Gasteiger partial charge in [0.2, 0.25) is 6.79 Å². The van der Waals surface area contributed by atoms with E-state index in [2.05, 4.69) is 34.6 Å². The number of benzene rings is 2. The van der Waals surface area contributed by atoms with Crippen molar-refractivity contribution in [2.75, 3.05) is 12.1 Å². The summed E-state index contributed by atoms with van der Waals surface area (Å²) >= 11 is 0. The molecule has 1 aliphatic heterocycles. The van der Waals surface area contributed by atoms with Gasteiger partial charge in [-0.1, -0.05) is 29.4 Å². The number of ether oxygens (including phenoxy) is 2. The fourth-order valence-corrected chi connectivity index (χ4v) is 3.73. The molecule has 8 nitrogen and oxygen atoms in total. The van der Waals surface area contributed by atoms with Crippen LogP contribution in [0.1, 0.15) is 33.0 Å². The first-order valence-electron chi connectivity index (χ1n) is 10.3. The van der Waals surface area contributed by atoms with Crippen molar-refractivity contribution in [3.8, 4) is 22.8 Å². The molecule has 162 valence electrons. The predicted octanol–water partition coefficient (Wildman–Crippen LogP) is 4.49. The zero-order chi connectivity index (χ0) is 22.2. The lowest BCUT2D eigenvalue weighted by Gasteiger charge is -2.08. The molecule has 3 heterocycles. The van der Waals surface area contributed by atoms with Crippen LogP contribution >= 0.6 is 0 Å². The number of carbonyl (C=O) groups is 1. The highest BCUT2D eigenvalue weighted by Gasteiger charge is 2.20. The van der Waals surface area contributed by atoms with E-state index in [1.54, 1.807) is 18.2 Å². The molecular weight excluding hydrogens is 408 g/mol. The number of hydrogen-bond acceptors (Lipinski definition) is 6. The topological polar surface area (TPSA) is 91.4 Å². The third kappa shape index (κ3) is 3.60. The highest BCUT2D eigenvalue weighted by atomic mass is 16.7. The Bertz CT molecular complexity index is 1320. The number of amides is 1. The van der Waals surface area contributed by atoms with Crippen LogP contribution in [0.4, 0.5) is 5.69 Å².